The van der Waals surface area contributed by atoms with Crippen LogP contribution in [0, 0.1) is 11.3 Å². The van der Waals surface area contributed by atoms with Crippen molar-refractivity contribution in [3.8, 4) is 6.07 Å². The average molecular weight is 269 g/mol. The maximum absolute atomic E-state index is 9.32. The lowest BCUT2D eigenvalue weighted by atomic mass is 9.98. The van der Waals surface area contributed by atoms with Gasteiger partial charge in [0, 0.05) is 39.9 Å². The van der Waals surface area contributed by atoms with Crippen LogP contribution in [0.15, 0.2) is 0 Å². The van der Waals surface area contributed by atoms with E-state index < -0.39 is 5.54 Å². The Balaban J connectivity index is 2.46. The molecule has 1 aliphatic heterocycles. The quantitative estimate of drug-likeness (QED) is 0.747. The zero-order valence-electron chi connectivity index (χ0n) is 12.8. The van der Waals surface area contributed by atoms with Crippen molar-refractivity contribution in [2.75, 3.05) is 33.9 Å². The molecule has 0 radical (unpaired) electrons. The minimum atomic E-state index is -0.470. The van der Waals surface area contributed by atoms with Gasteiger partial charge in [-0.25, -0.2) is 0 Å². The van der Waals surface area contributed by atoms with Gasteiger partial charge in [0.15, 0.2) is 0 Å². The van der Waals surface area contributed by atoms with Crippen molar-refractivity contribution in [1.29, 1.82) is 5.26 Å². The zero-order valence-corrected chi connectivity index (χ0v) is 12.8. The van der Waals surface area contributed by atoms with Crippen molar-refractivity contribution < 1.29 is 9.47 Å². The Bertz CT molecular complexity index is 304. The number of nitriles is 1. The van der Waals surface area contributed by atoms with E-state index in [2.05, 4.69) is 30.1 Å². The molecule has 3 atom stereocenters. The summed E-state index contributed by atoms with van der Waals surface area (Å²) in [5, 5.41) is 12.7. The van der Waals surface area contributed by atoms with E-state index in [-0.39, 0.29) is 12.2 Å². The number of nitrogens with zero attached hydrogens (tertiary/aromatic N) is 2. The van der Waals surface area contributed by atoms with E-state index in [0.717, 1.165) is 26.1 Å². The summed E-state index contributed by atoms with van der Waals surface area (Å²) in [6.45, 7) is 8.71. The Morgan fingerprint density at radius 1 is 1.32 bits per heavy atom. The average Bonchev–Trinajstić information content (AvgIpc) is 2.78. The SMILES string of the molecule is COC1CN(CCC(C)(C#N)NC(C)C)CC1OC. The molecule has 1 rings (SSSR count). The van der Waals surface area contributed by atoms with Crippen molar-refractivity contribution in [2.45, 2.75) is 51.0 Å². The minimum Gasteiger partial charge on any atom is -0.377 e. The van der Waals surface area contributed by atoms with Crippen LogP contribution in [0.2, 0.25) is 0 Å². The number of hydrogen-bond acceptors (Lipinski definition) is 5. The van der Waals surface area contributed by atoms with Crippen LogP contribution in [-0.4, -0.2) is 62.5 Å². The molecule has 1 saturated heterocycles. The summed E-state index contributed by atoms with van der Waals surface area (Å²) in [5.74, 6) is 0. The van der Waals surface area contributed by atoms with Crippen LogP contribution in [0.5, 0.6) is 0 Å². The number of ether oxygens (including phenoxy) is 2. The lowest BCUT2D eigenvalue weighted by Crippen LogP contribution is -2.47. The third-order valence-corrected chi connectivity index (χ3v) is 3.68. The van der Waals surface area contributed by atoms with Crippen LogP contribution in [0.3, 0.4) is 0 Å². The fourth-order valence-electron chi connectivity index (χ4n) is 2.63. The largest absolute Gasteiger partial charge is 0.377 e. The van der Waals surface area contributed by atoms with E-state index in [1.807, 2.05) is 6.92 Å². The zero-order chi connectivity index (χ0) is 14.5. The van der Waals surface area contributed by atoms with Gasteiger partial charge in [0.25, 0.3) is 0 Å². The van der Waals surface area contributed by atoms with E-state index in [4.69, 9.17) is 9.47 Å². The highest BCUT2D eigenvalue weighted by molar-refractivity contribution is 5.05. The third kappa shape index (κ3) is 4.73. The molecule has 19 heavy (non-hydrogen) atoms. The maximum atomic E-state index is 9.32. The molecule has 5 heteroatoms. The number of likely N-dealkylation sites (tertiary alicyclic amines) is 1. The molecule has 3 unspecified atom stereocenters. The molecule has 0 aliphatic carbocycles. The van der Waals surface area contributed by atoms with Gasteiger partial charge in [-0.05, 0) is 27.2 Å². The minimum absolute atomic E-state index is 0.136. The lowest BCUT2D eigenvalue weighted by molar-refractivity contribution is -0.00461. The molecule has 1 heterocycles. The fourth-order valence-corrected chi connectivity index (χ4v) is 2.63. The second-order valence-electron chi connectivity index (χ2n) is 5.80. The normalized spacial score (nSPS) is 27.4. The monoisotopic (exact) mass is 269 g/mol. The van der Waals surface area contributed by atoms with Gasteiger partial charge in [0.1, 0.15) is 5.54 Å². The van der Waals surface area contributed by atoms with E-state index in [1.54, 1.807) is 14.2 Å². The van der Waals surface area contributed by atoms with Gasteiger partial charge in [0.05, 0.1) is 18.3 Å². The Hall–Kier alpha value is -0.670. The summed E-state index contributed by atoms with van der Waals surface area (Å²) >= 11 is 0. The van der Waals surface area contributed by atoms with Crippen LogP contribution in [0.25, 0.3) is 0 Å². The Kier molecular flexibility index (Phi) is 6.21. The van der Waals surface area contributed by atoms with E-state index >= 15 is 0 Å². The number of methoxy groups -OCH3 is 2. The predicted molar refractivity (Wildman–Crippen MR) is 74.9 cm³/mol. The summed E-state index contributed by atoms with van der Waals surface area (Å²) in [7, 11) is 3.44. The first-order valence-electron chi connectivity index (χ1n) is 6.91. The van der Waals surface area contributed by atoms with Gasteiger partial charge >= 0.3 is 0 Å². The molecule has 0 aromatic rings. The van der Waals surface area contributed by atoms with Crippen molar-refractivity contribution in [3.63, 3.8) is 0 Å². The van der Waals surface area contributed by atoms with Gasteiger partial charge in [-0.1, -0.05) is 0 Å². The Labute approximate surface area is 116 Å². The maximum Gasteiger partial charge on any atom is 0.105 e. The predicted octanol–water partition coefficient (Wildman–Crippen LogP) is 1.00. The number of nitrogens with one attached hydrogen (secondary N) is 1. The lowest BCUT2D eigenvalue weighted by Gasteiger charge is -2.28. The van der Waals surface area contributed by atoms with Gasteiger partial charge in [-0.15, -0.1) is 0 Å². The first-order valence-corrected chi connectivity index (χ1v) is 6.91. The van der Waals surface area contributed by atoms with Crippen LogP contribution >= 0.6 is 0 Å². The second-order valence-corrected chi connectivity index (χ2v) is 5.80. The molecular formula is C14H27N3O2. The molecular weight excluding hydrogens is 242 g/mol. The van der Waals surface area contributed by atoms with Crippen LogP contribution in [0.4, 0.5) is 0 Å². The topological polar surface area (TPSA) is 57.5 Å². The smallest absolute Gasteiger partial charge is 0.105 e. The molecule has 5 nitrogen and oxygen atoms in total. The van der Waals surface area contributed by atoms with E-state index in [9.17, 15) is 5.26 Å². The molecule has 0 amide bonds. The summed E-state index contributed by atoms with van der Waals surface area (Å²) in [6, 6.07) is 2.69. The van der Waals surface area contributed by atoms with Gasteiger partial charge < -0.3 is 9.47 Å². The van der Waals surface area contributed by atoms with Crippen molar-refractivity contribution in [1.82, 2.24) is 10.2 Å². The molecule has 1 fully saturated rings. The molecule has 0 saturated carbocycles. The highest BCUT2D eigenvalue weighted by atomic mass is 16.5. The second kappa shape index (κ2) is 7.20. The fraction of sp³-hybridized carbons (Fsp3) is 0.929. The molecule has 110 valence electrons. The van der Waals surface area contributed by atoms with Gasteiger partial charge in [-0.3, -0.25) is 10.2 Å². The van der Waals surface area contributed by atoms with Crippen molar-refractivity contribution in [3.05, 3.63) is 0 Å². The molecule has 0 spiro atoms. The third-order valence-electron chi connectivity index (χ3n) is 3.68. The summed E-state index contributed by atoms with van der Waals surface area (Å²) in [5.41, 5.74) is -0.470. The van der Waals surface area contributed by atoms with Gasteiger partial charge in [-0.2, -0.15) is 5.26 Å². The highest BCUT2D eigenvalue weighted by Crippen LogP contribution is 2.18. The molecule has 0 aromatic carbocycles. The molecule has 0 bridgehead atoms. The van der Waals surface area contributed by atoms with Gasteiger partial charge in [0.2, 0.25) is 0 Å². The Morgan fingerprint density at radius 2 is 1.84 bits per heavy atom. The molecule has 1 aliphatic rings. The summed E-state index contributed by atoms with van der Waals surface area (Å²) in [6.07, 6.45) is 1.07. The summed E-state index contributed by atoms with van der Waals surface area (Å²) in [4.78, 5) is 2.31. The van der Waals surface area contributed by atoms with Crippen molar-refractivity contribution in [2.24, 2.45) is 0 Å². The van der Waals surface area contributed by atoms with E-state index in [0.29, 0.717) is 6.04 Å². The highest BCUT2D eigenvalue weighted by Gasteiger charge is 2.34. The van der Waals surface area contributed by atoms with Crippen LogP contribution in [-0.2, 0) is 9.47 Å². The van der Waals surface area contributed by atoms with Crippen LogP contribution in [0.1, 0.15) is 27.2 Å². The molecule has 1 N–H and O–H groups in total. The van der Waals surface area contributed by atoms with Crippen molar-refractivity contribution >= 4 is 0 Å². The first kappa shape index (κ1) is 16.4. The van der Waals surface area contributed by atoms with E-state index in [1.165, 1.54) is 0 Å². The standard InChI is InChI=1S/C14H27N3O2/c1-11(2)16-14(3,10-15)6-7-17-8-12(18-4)13(9-17)19-5/h11-13,16H,6-9H2,1-5H3. The number of rotatable bonds is 7. The number of hydrogen-bond donors (Lipinski definition) is 1. The van der Waals surface area contributed by atoms with Crippen LogP contribution < -0.4 is 5.32 Å². The first-order chi connectivity index (χ1) is 8.94. The molecule has 0 aromatic heterocycles. The Morgan fingerprint density at radius 3 is 2.21 bits per heavy atom. The summed E-state index contributed by atoms with van der Waals surface area (Å²) < 4.78 is 10.8.